The van der Waals surface area contributed by atoms with Crippen molar-refractivity contribution >= 4 is 29.7 Å². The number of nitrogens with zero attached hydrogens (tertiary/aromatic N) is 1. The summed E-state index contributed by atoms with van der Waals surface area (Å²) in [6.07, 6.45) is 4.18. The Hall–Kier alpha value is -3.52. The summed E-state index contributed by atoms with van der Waals surface area (Å²) >= 11 is 0. The van der Waals surface area contributed by atoms with Gasteiger partial charge in [-0.3, -0.25) is 19.2 Å². The van der Waals surface area contributed by atoms with Gasteiger partial charge < -0.3 is 42.6 Å². The molecule has 5 unspecified atom stereocenters. The van der Waals surface area contributed by atoms with Gasteiger partial charge >= 0.3 is 11.9 Å². The molecule has 0 aromatic carbocycles. The molecule has 3 amide bonds. The van der Waals surface area contributed by atoms with Crippen LogP contribution in [0.2, 0.25) is 0 Å². The van der Waals surface area contributed by atoms with Crippen molar-refractivity contribution in [2.24, 2.45) is 17.4 Å². The molecule has 0 bridgehead atoms. The van der Waals surface area contributed by atoms with Crippen LogP contribution in [-0.4, -0.2) is 80.6 Å². The van der Waals surface area contributed by atoms with Crippen molar-refractivity contribution in [3.05, 3.63) is 18.2 Å². The smallest absolute Gasteiger partial charge is 0.326 e. The average molecular weight is 526 g/mol. The van der Waals surface area contributed by atoms with E-state index in [0.717, 1.165) is 0 Å². The molecule has 1 aromatic heterocycles. The van der Waals surface area contributed by atoms with Crippen LogP contribution in [0.15, 0.2) is 12.5 Å². The van der Waals surface area contributed by atoms with Gasteiger partial charge in [-0.15, -0.1) is 0 Å². The molecule has 0 spiro atoms. The Balaban J connectivity index is 2.99. The van der Waals surface area contributed by atoms with Crippen molar-refractivity contribution in [2.75, 3.05) is 6.54 Å². The van der Waals surface area contributed by atoms with Crippen LogP contribution in [0.1, 0.15) is 58.1 Å². The summed E-state index contributed by atoms with van der Waals surface area (Å²) < 4.78 is 0. The zero-order valence-electron chi connectivity index (χ0n) is 21.2. The van der Waals surface area contributed by atoms with E-state index in [0.29, 0.717) is 31.5 Å². The summed E-state index contributed by atoms with van der Waals surface area (Å²) in [7, 11) is 0. The fourth-order valence-electron chi connectivity index (χ4n) is 3.48. The molecular weight excluding hydrogens is 486 g/mol. The van der Waals surface area contributed by atoms with Crippen LogP contribution in [0, 0.1) is 5.92 Å². The summed E-state index contributed by atoms with van der Waals surface area (Å²) in [5, 5.41) is 26.0. The third-order valence-electron chi connectivity index (χ3n) is 5.97. The first kappa shape index (κ1) is 31.5. The minimum atomic E-state index is -1.26. The Labute approximate surface area is 215 Å². The number of unbranched alkanes of at least 4 members (excludes halogenated alkanes) is 1. The van der Waals surface area contributed by atoms with Crippen LogP contribution in [-0.2, 0) is 30.4 Å². The number of amides is 3. The number of rotatable bonds is 18. The molecule has 14 heteroatoms. The van der Waals surface area contributed by atoms with Gasteiger partial charge in [0, 0.05) is 24.7 Å². The molecule has 1 heterocycles. The molecule has 0 fully saturated rings. The lowest BCUT2D eigenvalue weighted by atomic mass is 9.96. The van der Waals surface area contributed by atoms with Gasteiger partial charge in [0.2, 0.25) is 17.7 Å². The van der Waals surface area contributed by atoms with Gasteiger partial charge in [0.15, 0.2) is 0 Å². The van der Waals surface area contributed by atoms with E-state index < -0.39 is 53.8 Å². The number of carbonyl (C=O) groups is 5. The van der Waals surface area contributed by atoms with Crippen molar-refractivity contribution in [1.82, 2.24) is 25.9 Å². The van der Waals surface area contributed by atoms with Gasteiger partial charge in [-0.2, -0.15) is 0 Å². The number of H-pyrrole nitrogens is 1. The highest BCUT2D eigenvalue weighted by Crippen LogP contribution is 2.11. The van der Waals surface area contributed by atoms with Crippen molar-refractivity contribution < 1.29 is 34.2 Å². The molecule has 14 nitrogen and oxygen atoms in total. The molecule has 5 atom stereocenters. The summed E-state index contributed by atoms with van der Waals surface area (Å²) in [6, 6.07) is -4.51. The van der Waals surface area contributed by atoms with E-state index >= 15 is 0 Å². The van der Waals surface area contributed by atoms with Crippen molar-refractivity contribution in [3.8, 4) is 0 Å². The number of hydrogen-bond acceptors (Lipinski definition) is 8. The van der Waals surface area contributed by atoms with Crippen LogP contribution >= 0.6 is 0 Å². The predicted octanol–water partition coefficient (Wildman–Crippen LogP) is -1.14. The molecule has 1 aromatic rings. The number of carboxylic acid groups (broad SMARTS) is 2. The highest BCUT2D eigenvalue weighted by molar-refractivity contribution is 5.94. The fraction of sp³-hybridized carbons (Fsp3) is 0.652. The maximum Gasteiger partial charge on any atom is 0.326 e. The number of imidazole rings is 1. The topological polar surface area (TPSA) is 243 Å². The maximum absolute atomic E-state index is 13.2. The Morgan fingerprint density at radius 2 is 1.68 bits per heavy atom. The van der Waals surface area contributed by atoms with Crippen LogP contribution in [0.4, 0.5) is 0 Å². The fourth-order valence-corrected chi connectivity index (χ4v) is 3.48. The van der Waals surface area contributed by atoms with E-state index in [-0.39, 0.29) is 31.6 Å². The first-order valence-electron chi connectivity index (χ1n) is 12.3. The van der Waals surface area contributed by atoms with Gasteiger partial charge in [0.25, 0.3) is 0 Å². The number of nitrogens with two attached hydrogens (primary N) is 2. The molecular formula is C23H39N7O7. The van der Waals surface area contributed by atoms with E-state index in [1.807, 2.05) is 6.92 Å². The molecule has 37 heavy (non-hydrogen) atoms. The number of aliphatic carboxylic acids is 2. The van der Waals surface area contributed by atoms with Crippen molar-refractivity contribution in [2.45, 2.75) is 83.0 Å². The molecule has 0 aliphatic heterocycles. The molecule has 1 rings (SSSR count). The molecule has 0 saturated carbocycles. The Bertz CT molecular complexity index is 894. The normalized spacial score (nSPS) is 15.0. The van der Waals surface area contributed by atoms with Gasteiger partial charge in [-0.05, 0) is 38.1 Å². The Morgan fingerprint density at radius 3 is 2.22 bits per heavy atom. The molecule has 0 aliphatic rings. The largest absolute Gasteiger partial charge is 0.481 e. The number of aromatic nitrogens is 2. The lowest BCUT2D eigenvalue weighted by Crippen LogP contribution is -2.58. The van der Waals surface area contributed by atoms with Crippen LogP contribution in [0.3, 0.4) is 0 Å². The summed E-state index contributed by atoms with van der Waals surface area (Å²) in [5.74, 6) is -4.70. The molecule has 0 saturated heterocycles. The minimum Gasteiger partial charge on any atom is -0.481 e. The number of carboxylic acids is 2. The summed E-state index contributed by atoms with van der Waals surface area (Å²) in [6.45, 7) is 3.93. The Morgan fingerprint density at radius 1 is 1.00 bits per heavy atom. The van der Waals surface area contributed by atoms with E-state index in [4.69, 9.17) is 16.6 Å². The van der Waals surface area contributed by atoms with E-state index in [1.165, 1.54) is 12.5 Å². The van der Waals surface area contributed by atoms with Gasteiger partial charge in [0.05, 0.1) is 12.4 Å². The molecule has 10 N–H and O–H groups in total. The average Bonchev–Trinajstić information content (AvgIpc) is 3.37. The monoisotopic (exact) mass is 525 g/mol. The summed E-state index contributed by atoms with van der Waals surface area (Å²) in [5.41, 5.74) is 11.8. The Kier molecular flexibility index (Phi) is 13.9. The first-order valence-corrected chi connectivity index (χ1v) is 12.3. The van der Waals surface area contributed by atoms with E-state index in [1.54, 1.807) is 6.92 Å². The van der Waals surface area contributed by atoms with E-state index in [9.17, 15) is 29.1 Å². The number of carbonyl (C=O) groups excluding carboxylic acids is 3. The van der Waals surface area contributed by atoms with Gasteiger partial charge in [-0.1, -0.05) is 20.3 Å². The first-order chi connectivity index (χ1) is 17.5. The highest BCUT2D eigenvalue weighted by atomic mass is 16.4. The van der Waals surface area contributed by atoms with Crippen LogP contribution in [0.5, 0.6) is 0 Å². The van der Waals surface area contributed by atoms with Gasteiger partial charge in [-0.25, -0.2) is 9.78 Å². The predicted molar refractivity (Wildman–Crippen MR) is 133 cm³/mol. The number of aromatic amines is 1. The standard InChI is InChI=1S/C23H39N7O7/c1-3-13(2)19(30-20(33)15(25)7-8-18(31)32)22(35)28-16(6-4-5-9-24)21(34)29-17(23(36)37)10-14-11-26-12-27-14/h11-13,15-17,19H,3-10,24-25H2,1-2H3,(H,26,27)(H,28,35)(H,29,34)(H,30,33)(H,31,32)(H,36,37). The molecule has 208 valence electrons. The SMILES string of the molecule is CCC(C)C(NC(=O)C(N)CCC(=O)O)C(=O)NC(CCCCN)C(=O)NC(Cc1cnc[nH]1)C(=O)O. The quantitative estimate of drug-likeness (QED) is 0.107. The zero-order valence-corrected chi connectivity index (χ0v) is 21.2. The lowest BCUT2D eigenvalue weighted by molar-refractivity contribution is -0.142. The van der Waals surface area contributed by atoms with Crippen molar-refractivity contribution in [1.29, 1.82) is 0 Å². The second kappa shape index (κ2) is 16.3. The maximum atomic E-state index is 13.2. The summed E-state index contributed by atoms with van der Waals surface area (Å²) in [4.78, 5) is 67.9. The number of nitrogens with one attached hydrogen (secondary N) is 4. The van der Waals surface area contributed by atoms with Gasteiger partial charge in [0.1, 0.15) is 18.1 Å². The molecule has 0 radical (unpaired) electrons. The highest BCUT2D eigenvalue weighted by Gasteiger charge is 2.32. The van der Waals surface area contributed by atoms with Crippen molar-refractivity contribution in [3.63, 3.8) is 0 Å². The lowest BCUT2D eigenvalue weighted by Gasteiger charge is -2.28. The minimum absolute atomic E-state index is 0.0374. The third kappa shape index (κ3) is 11.4. The third-order valence-corrected chi connectivity index (χ3v) is 5.97. The number of hydrogen-bond donors (Lipinski definition) is 8. The van der Waals surface area contributed by atoms with Crippen LogP contribution in [0.25, 0.3) is 0 Å². The zero-order chi connectivity index (χ0) is 28.0. The molecule has 0 aliphatic carbocycles. The second-order valence-electron chi connectivity index (χ2n) is 8.94. The van der Waals surface area contributed by atoms with E-state index in [2.05, 4.69) is 25.9 Å². The van der Waals surface area contributed by atoms with Crippen LogP contribution < -0.4 is 27.4 Å². The second-order valence-corrected chi connectivity index (χ2v) is 8.94.